The van der Waals surface area contributed by atoms with Crippen molar-refractivity contribution in [3.63, 3.8) is 0 Å². The zero-order valence-electron chi connectivity index (χ0n) is 13.8. The van der Waals surface area contributed by atoms with Gasteiger partial charge in [-0.15, -0.1) is 0 Å². The van der Waals surface area contributed by atoms with Crippen molar-refractivity contribution in [1.82, 2.24) is 10.3 Å². The van der Waals surface area contributed by atoms with Gasteiger partial charge in [0.05, 0.1) is 0 Å². The first-order valence-electron chi connectivity index (χ1n) is 8.05. The molecule has 0 atom stereocenters. The van der Waals surface area contributed by atoms with E-state index >= 15 is 0 Å². The van der Waals surface area contributed by atoms with E-state index in [2.05, 4.69) is 10.3 Å². The number of amides is 1. The van der Waals surface area contributed by atoms with Gasteiger partial charge in [0.1, 0.15) is 11.4 Å². The molecule has 0 saturated carbocycles. The molecule has 2 N–H and O–H groups in total. The summed E-state index contributed by atoms with van der Waals surface area (Å²) in [5.74, 6) is -0.749. The lowest BCUT2D eigenvalue weighted by atomic mass is 10.1. The molecule has 4 nitrogen and oxygen atoms in total. The van der Waals surface area contributed by atoms with E-state index in [0.29, 0.717) is 23.7 Å². The van der Waals surface area contributed by atoms with Gasteiger partial charge in [-0.05, 0) is 53.9 Å². The number of H-pyrrole nitrogens is 1. The Labute approximate surface area is 154 Å². The molecule has 0 aliphatic heterocycles. The van der Waals surface area contributed by atoms with Crippen molar-refractivity contribution in [2.75, 3.05) is 6.54 Å². The van der Waals surface area contributed by atoms with Crippen LogP contribution >= 0.6 is 11.6 Å². The summed E-state index contributed by atoms with van der Waals surface area (Å²) in [5.41, 5.74) is 1.89. The SMILES string of the molecule is O=C(NCCc1ccc(F)cc1)c1ccc(-c2ccc(Cl)cc2)[nH]c1=O. The molecule has 3 rings (SSSR count). The smallest absolute Gasteiger partial charge is 0.261 e. The highest BCUT2D eigenvalue weighted by molar-refractivity contribution is 6.30. The monoisotopic (exact) mass is 370 g/mol. The largest absolute Gasteiger partial charge is 0.352 e. The van der Waals surface area contributed by atoms with Crippen molar-refractivity contribution in [2.45, 2.75) is 6.42 Å². The third kappa shape index (κ3) is 4.37. The predicted octanol–water partition coefficient (Wildman–Crippen LogP) is 3.81. The number of halogens is 2. The predicted molar refractivity (Wildman–Crippen MR) is 99.9 cm³/mol. The average molecular weight is 371 g/mol. The summed E-state index contributed by atoms with van der Waals surface area (Å²) in [4.78, 5) is 27.1. The quantitative estimate of drug-likeness (QED) is 0.717. The number of benzene rings is 2. The van der Waals surface area contributed by atoms with Crippen LogP contribution in [0.1, 0.15) is 15.9 Å². The van der Waals surface area contributed by atoms with Crippen molar-refractivity contribution in [3.05, 3.63) is 93.0 Å². The van der Waals surface area contributed by atoms with E-state index in [4.69, 9.17) is 11.6 Å². The lowest BCUT2D eigenvalue weighted by Crippen LogP contribution is -2.31. The summed E-state index contributed by atoms with van der Waals surface area (Å²) in [6.45, 7) is 0.350. The summed E-state index contributed by atoms with van der Waals surface area (Å²) in [7, 11) is 0. The van der Waals surface area contributed by atoms with Crippen molar-refractivity contribution in [3.8, 4) is 11.3 Å². The Morgan fingerprint density at radius 3 is 2.35 bits per heavy atom. The average Bonchev–Trinajstić information content (AvgIpc) is 2.64. The maximum atomic E-state index is 12.9. The van der Waals surface area contributed by atoms with Crippen LogP contribution in [0.2, 0.25) is 5.02 Å². The molecule has 132 valence electrons. The second-order valence-corrected chi connectivity index (χ2v) is 6.19. The molecule has 1 heterocycles. The maximum absolute atomic E-state index is 12.9. The van der Waals surface area contributed by atoms with Gasteiger partial charge in [0, 0.05) is 17.3 Å². The Morgan fingerprint density at radius 2 is 1.69 bits per heavy atom. The van der Waals surface area contributed by atoms with Gasteiger partial charge in [0.25, 0.3) is 11.5 Å². The molecule has 0 saturated heterocycles. The Balaban J connectivity index is 1.65. The van der Waals surface area contributed by atoms with Gasteiger partial charge < -0.3 is 10.3 Å². The van der Waals surface area contributed by atoms with Crippen LogP contribution in [0, 0.1) is 5.82 Å². The summed E-state index contributed by atoms with van der Waals surface area (Å²) in [6, 6.07) is 16.3. The van der Waals surface area contributed by atoms with Gasteiger partial charge in [-0.2, -0.15) is 0 Å². The molecular weight excluding hydrogens is 355 g/mol. The molecule has 1 aromatic heterocycles. The van der Waals surface area contributed by atoms with Crippen molar-refractivity contribution >= 4 is 17.5 Å². The van der Waals surface area contributed by atoms with E-state index in [1.165, 1.54) is 18.2 Å². The van der Waals surface area contributed by atoms with Crippen molar-refractivity contribution in [1.29, 1.82) is 0 Å². The minimum absolute atomic E-state index is 0.0434. The molecule has 0 fully saturated rings. The first-order chi connectivity index (χ1) is 12.5. The highest BCUT2D eigenvalue weighted by Gasteiger charge is 2.11. The van der Waals surface area contributed by atoms with Gasteiger partial charge in [-0.3, -0.25) is 9.59 Å². The zero-order chi connectivity index (χ0) is 18.5. The molecule has 0 unspecified atom stereocenters. The number of rotatable bonds is 5. The second kappa shape index (κ2) is 7.97. The van der Waals surface area contributed by atoms with Gasteiger partial charge in [0.15, 0.2) is 0 Å². The van der Waals surface area contributed by atoms with Gasteiger partial charge in [0.2, 0.25) is 0 Å². The van der Waals surface area contributed by atoms with Crippen molar-refractivity contribution < 1.29 is 9.18 Å². The second-order valence-electron chi connectivity index (χ2n) is 5.75. The summed E-state index contributed by atoms with van der Waals surface area (Å²) in [5, 5.41) is 3.30. The first kappa shape index (κ1) is 17.9. The third-order valence-electron chi connectivity index (χ3n) is 3.92. The molecule has 6 heteroatoms. The van der Waals surface area contributed by atoms with E-state index in [0.717, 1.165) is 11.1 Å². The van der Waals surface area contributed by atoms with Crippen LogP contribution in [0.5, 0.6) is 0 Å². The van der Waals surface area contributed by atoms with Gasteiger partial charge >= 0.3 is 0 Å². The summed E-state index contributed by atoms with van der Waals surface area (Å²) < 4.78 is 12.9. The number of carbonyl (C=O) groups is 1. The summed E-state index contributed by atoms with van der Waals surface area (Å²) in [6.07, 6.45) is 0.548. The minimum atomic E-state index is -0.461. The highest BCUT2D eigenvalue weighted by atomic mass is 35.5. The first-order valence-corrected chi connectivity index (χ1v) is 8.42. The van der Waals surface area contributed by atoms with Gasteiger partial charge in [-0.25, -0.2) is 4.39 Å². The summed E-state index contributed by atoms with van der Waals surface area (Å²) >= 11 is 5.85. The molecule has 26 heavy (non-hydrogen) atoms. The number of hydrogen-bond acceptors (Lipinski definition) is 2. The number of nitrogens with one attached hydrogen (secondary N) is 2. The van der Waals surface area contributed by atoms with Crippen LogP contribution in [0.4, 0.5) is 4.39 Å². The number of pyridine rings is 1. The van der Waals surface area contributed by atoms with E-state index < -0.39 is 11.5 Å². The zero-order valence-corrected chi connectivity index (χ0v) is 14.5. The lowest BCUT2D eigenvalue weighted by Gasteiger charge is -2.07. The van der Waals surface area contributed by atoms with Crippen LogP contribution in [-0.4, -0.2) is 17.4 Å². The molecule has 3 aromatic rings. The van der Waals surface area contributed by atoms with E-state index in [-0.39, 0.29) is 11.4 Å². The molecule has 0 radical (unpaired) electrons. The van der Waals surface area contributed by atoms with Crippen LogP contribution in [0.3, 0.4) is 0 Å². The minimum Gasteiger partial charge on any atom is -0.352 e. The standard InChI is InChI=1S/C20H16ClFN2O2/c21-15-5-3-14(4-6-15)18-10-9-17(20(26)24-18)19(25)23-12-11-13-1-7-16(22)8-2-13/h1-10H,11-12H2,(H,23,25)(H,24,26). The Hall–Kier alpha value is -2.92. The lowest BCUT2D eigenvalue weighted by molar-refractivity contribution is 0.0952. The fourth-order valence-corrected chi connectivity index (χ4v) is 2.64. The fourth-order valence-electron chi connectivity index (χ4n) is 2.52. The molecule has 0 aliphatic carbocycles. The number of aromatic amines is 1. The number of hydrogen-bond donors (Lipinski definition) is 2. The molecule has 1 amide bonds. The van der Waals surface area contributed by atoms with Crippen LogP contribution in [0.15, 0.2) is 65.5 Å². The van der Waals surface area contributed by atoms with Gasteiger partial charge in [-0.1, -0.05) is 35.9 Å². The molecule has 0 spiro atoms. The third-order valence-corrected chi connectivity index (χ3v) is 4.17. The van der Waals surface area contributed by atoms with Crippen molar-refractivity contribution in [2.24, 2.45) is 0 Å². The van der Waals surface area contributed by atoms with Crippen LogP contribution in [0.25, 0.3) is 11.3 Å². The van der Waals surface area contributed by atoms with E-state index in [9.17, 15) is 14.0 Å². The maximum Gasteiger partial charge on any atom is 0.261 e. The fraction of sp³-hybridized carbons (Fsp3) is 0.100. The number of carbonyl (C=O) groups excluding carboxylic acids is 1. The Morgan fingerprint density at radius 1 is 1.00 bits per heavy atom. The van der Waals surface area contributed by atoms with Crippen LogP contribution in [-0.2, 0) is 6.42 Å². The number of aromatic nitrogens is 1. The molecule has 0 aliphatic rings. The topological polar surface area (TPSA) is 62.0 Å². The normalized spacial score (nSPS) is 10.5. The van der Waals surface area contributed by atoms with E-state index in [1.54, 1.807) is 42.5 Å². The molecule has 2 aromatic carbocycles. The Kier molecular flexibility index (Phi) is 5.49. The highest BCUT2D eigenvalue weighted by Crippen LogP contribution is 2.18. The van der Waals surface area contributed by atoms with E-state index in [1.807, 2.05) is 0 Å². The van der Waals surface area contributed by atoms with Crippen LogP contribution < -0.4 is 10.9 Å². The Bertz CT molecular complexity index is 966. The molecular formula is C20H16ClFN2O2. The molecule has 0 bridgehead atoms.